The molecular weight excluding hydrogens is 182 g/mol. The predicted molar refractivity (Wildman–Crippen MR) is 53.2 cm³/mol. The second kappa shape index (κ2) is 4.44. The predicted octanol–water partition coefficient (Wildman–Crippen LogP) is 1.46. The number of unbranched alkanes of at least 4 members (excludes halogenated alkanes) is 1. The maximum absolute atomic E-state index is 11.6. The van der Waals surface area contributed by atoms with E-state index in [9.17, 15) is 10.0 Å². The van der Waals surface area contributed by atoms with Gasteiger partial charge in [0.2, 0.25) is 0 Å². The Morgan fingerprint density at radius 2 is 2.43 bits per heavy atom. The van der Waals surface area contributed by atoms with Crippen molar-refractivity contribution in [3.05, 3.63) is 5.21 Å². The standard InChI is InChI=1S/C10H17NO3/c1-3-4-8-14-9(12)10(2)6-5-7-11(10)13/h7H,3-6,8H2,1-2H3. The van der Waals surface area contributed by atoms with E-state index in [0.29, 0.717) is 19.4 Å². The van der Waals surface area contributed by atoms with Crippen LogP contribution in [0.5, 0.6) is 0 Å². The third kappa shape index (κ3) is 2.05. The van der Waals surface area contributed by atoms with Gasteiger partial charge in [-0.15, -0.1) is 0 Å². The number of esters is 1. The summed E-state index contributed by atoms with van der Waals surface area (Å²) in [5, 5.41) is 11.3. The summed E-state index contributed by atoms with van der Waals surface area (Å²) in [5.74, 6) is -0.394. The summed E-state index contributed by atoms with van der Waals surface area (Å²) in [5.41, 5.74) is -0.978. The third-order valence-corrected chi connectivity index (χ3v) is 2.58. The zero-order chi connectivity index (χ0) is 10.6. The van der Waals surface area contributed by atoms with Crippen molar-refractivity contribution in [1.29, 1.82) is 0 Å². The van der Waals surface area contributed by atoms with Crippen molar-refractivity contribution < 1.29 is 14.3 Å². The van der Waals surface area contributed by atoms with Crippen LogP contribution in [0.15, 0.2) is 0 Å². The molecule has 1 aliphatic heterocycles. The van der Waals surface area contributed by atoms with E-state index in [0.717, 1.165) is 17.6 Å². The van der Waals surface area contributed by atoms with E-state index in [1.165, 1.54) is 6.21 Å². The van der Waals surface area contributed by atoms with E-state index in [2.05, 4.69) is 0 Å². The molecule has 0 spiro atoms. The van der Waals surface area contributed by atoms with Crippen molar-refractivity contribution in [2.24, 2.45) is 0 Å². The molecule has 0 saturated heterocycles. The van der Waals surface area contributed by atoms with Gasteiger partial charge < -0.3 is 9.94 Å². The lowest BCUT2D eigenvalue weighted by molar-refractivity contribution is -0.518. The Kier molecular flexibility index (Phi) is 3.49. The molecule has 1 aliphatic rings. The molecule has 14 heavy (non-hydrogen) atoms. The summed E-state index contributed by atoms with van der Waals surface area (Å²) in [7, 11) is 0. The third-order valence-electron chi connectivity index (χ3n) is 2.58. The Morgan fingerprint density at radius 1 is 1.71 bits per heavy atom. The van der Waals surface area contributed by atoms with Gasteiger partial charge in [0, 0.05) is 19.8 Å². The largest absolute Gasteiger partial charge is 0.623 e. The molecule has 0 aliphatic carbocycles. The van der Waals surface area contributed by atoms with Crippen LogP contribution in [0.3, 0.4) is 0 Å². The van der Waals surface area contributed by atoms with Crippen LogP contribution in [0.1, 0.15) is 39.5 Å². The summed E-state index contributed by atoms with van der Waals surface area (Å²) in [4.78, 5) is 11.6. The molecule has 0 fully saturated rings. The average Bonchev–Trinajstić information content (AvgIpc) is 2.49. The van der Waals surface area contributed by atoms with Crippen LogP contribution < -0.4 is 0 Å². The maximum Gasteiger partial charge on any atom is 0.379 e. The molecule has 0 aromatic heterocycles. The Bertz CT molecular complexity index is 250. The Labute approximate surface area is 84.1 Å². The summed E-state index contributed by atoms with van der Waals surface area (Å²) in [6, 6.07) is 0. The van der Waals surface area contributed by atoms with Crippen molar-refractivity contribution in [2.45, 2.75) is 45.1 Å². The fourth-order valence-corrected chi connectivity index (χ4v) is 1.43. The first kappa shape index (κ1) is 11.0. The highest BCUT2D eigenvalue weighted by Gasteiger charge is 2.46. The SMILES string of the molecule is CCCCOC(=O)C1(C)CCC=[N+]1[O-]. The molecule has 0 radical (unpaired) electrons. The lowest BCUT2D eigenvalue weighted by Gasteiger charge is -2.20. The van der Waals surface area contributed by atoms with Gasteiger partial charge in [0.25, 0.3) is 5.54 Å². The Morgan fingerprint density at radius 3 is 2.93 bits per heavy atom. The topological polar surface area (TPSA) is 52.4 Å². The number of hydrogen-bond acceptors (Lipinski definition) is 3. The van der Waals surface area contributed by atoms with Crippen LogP contribution >= 0.6 is 0 Å². The zero-order valence-corrected chi connectivity index (χ0v) is 8.78. The zero-order valence-electron chi connectivity index (χ0n) is 8.78. The number of rotatable bonds is 4. The molecule has 1 unspecified atom stereocenters. The first-order valence-corrected chi connectivity index (χ1v) is 5.08. The maximum atomic E-state index is 11.6. The van der Waals surface area contributed by atoms with E-state index in [4.69, 9.17) is 4.74 Å². The van der Waals surface area contributed by atoms with Gasteiger partial charge in [-0.1, -0.05) is 13.3 Å². The molecule has 0 aromatic carbocycles. The van der Waals surface area contributed by atoms with Crippen LogP contribution in [-0.4, -0.2) is 29.1 Å². The fourth-order valence-electron chi connectivity index (χ4n) is 1.43. The van der Waals surface area contributed by atoms with Crippen molar-refractivity contribution >= 4 is 12.2 Å². The summed E-state index contributed by atoms with van der Waals surface area (Å²) in [6.07, 6.45) is 4.55. The monoisotopic (exact) mass is 199 g/mol. The Hall–Kier alpha value is -1.06. The lowest BCUT2D eigenvalue weighted by Crippen LogP contribution is -2.42. The van der Waals surface area contributed by atoms with Gasteiger partial charge in [0.05, 0.1) is 6.61 Å². The molecule has 4 heteroatoms. The number of carbonyl (C=O) groups is 1. The van der Waals surface area contributed by atoms with Crippen molar-refractivity contribution in [2.75, 3.05) is 6.61 Å². The second-order valence-corrected chi connectivity index (χ2v) is 3.81. The van der Waals surface area contributed by atoms with Gasteiger partial charge in [-0.2, -0.15) is 4.74 Å². The van der Waals surface area contributed by atoms with E-state index < -0.39 is 11.5 Å². The number of hydrogen-bond donors (Lipinski definition) is 0. The van der Waals surface area contributed by atoms with E-state index >= 15 is 0 Å². The van der Waals surface area contributed by atoms with E-state index in [-0.39, 0.29) is 0 Å². The molecular formula is C10H17NO3. The molecule has 4 nitrogen and oxygen atoms in total. The van der Waals surface area contributed by atoms with Gasteiger partial charge in [0.15, 0.2) is 6.21 Å². The van der Waals surface area contributed by atoms with Gasteiger partial charge in [0.1, 0.15) is 0 Å². The fraction of sp³-hybridized carbons (Fsp3) is 0.800. The highest BCUT2D eigenvalue weighted by molar-refractivity contribution is 5.81. The highest BCUT2D eigenvalue weighted by Crippen LogP contribution is 2.23. The highest BCUT2D eigenvalue weighted by atomic mass is 16.5. The number of ether oxygens (including phenoxy) is 1. The minimum Gasteiger partial charge on any atom is -0.623 e. The van der Waals surface area contributed by atoms with Crippen molar-refractivity contribution in [3.8, 4) is 0 Å². The average molecular weight is 199 g/mol. The van der Waals surface area contributed by atoms with E-state index in [1.54, 1.807) is 6.92 Å². The van der Waals surface area contributed by atoms with Gasteiger partial charge >= 0.3 is 5.97 Å². The smallest absolute Gasteiger partial charge is 0.379 e. The van der Waals surface area contributed by atoms with Gasteiger partial charge in [-0.3, -0.25) is 0 Å². The molecule has 1 heterocycles. The minimum atomic E-state index is -0.978. The van der Waals surface area contributed by atoms with Crippen LogP contribution in [-0.2, 0) is 9.53 Å². The normalized spacial score (nSPS) is 26.0. The molecule has 0 N–H and O–H groups in total. The van der Waals surface area contributed by atoms with Crippen molar-refractivity contribution in [1.82, 2.24) is 0 Å². The molecule has 0 amide bonds. The molecule has 1 atom stereocenters. The van der Waals surface area contributed by atoms with Crippen LogP contribution in [0.4, 0.5) is 0 Å². The summed E-state index contributed by atoms with van der Waals surface area (Å²) < 4.78 is 5.76. The van der Waals surface area contributed by atoms with Crippen molar-refractivity contribution in [3.63, 3.8) is 0 Å². The van der Waals surface area contributed by atoms with Crippen LogP contribution in [0, 0.1) is 5.21 Å². The molecule has 80 valence electrons. The molecule has 1 rings (SSSR count). The summed E-state index contributed by atoms with van der Waals surface area (Å²) >= 11 is 0. The lowest BCUT2D eigenvalue weighted by atomic mass is 10.0. The summed E-state index contributed by atoms with van der Waals surface area (Å²) in [6.45, 7) is 4.08. The molecule has 0 bridgehead atoms. The molecule has 0 aromatic rings. The first-order valence-electron chi connectivity index (χ1n) is 5.08. The second-order valence-electron chi connectivity index (χ2n) is 3.81. The first-order chi connectivity index (χ1) is 6.61. The van der Waals surface area contributed by atoms with E-state index in [1.807, 2.05) is 6.92 Å². The number of carbonyl (C=O) groups excluding carboxylic acids is 1. The van der Waals surface area contributed by atoms with Gasteiger partial charge in [-0.25, -0.2) is 4.79 Å². The number of nitrogens with zero attached hydrogens (tertiary/aromatic N) is 1. The Balaban J connectivity index is 2.47. The minimum absolute atomic E-state index is 0.394. The molecule has 0 saturated carbocycles. The van der Waals surface area contributed by atoms with Crippen LogP contribution in [0.2, 0.25) is 0 Å². The quantitative estimate of drug-likeness (QED) is 0.298. The van der Waals surface area contributed by atoms with Gasteiger partial charge in [-0.05, 0) is 6.42 Å². The number of hydroxylamine groups is 1. The van der Waals surface area contributed by atoms with Crippen LogP contribution in [0.25, 0.3) is 0 Å².